The highest BCUT2D eigenvalue weighted by molar-refractivity contribution is 5.85. The third kappa shape index (κ3) is 2.87. The number of hydrogen-bond donors (Lipinski definition) is 1. The number of carbonyl (C=O) groups is 1. The Morgan fingerprint density at radius 1 is 1.11 bits per heavy atom. The quantitative estimate of drug-likeness (QED) is 0.886. The third-order valence-electron chi connectivity index (χ3n) is 7.34. The zero-order valence-corrected chi connectivity index (χ0v) is 16.3. The zero-order valence-electron chi connectivity index (χ0n) is 16.3. The predicted molar refractivity (Wildman–Crippen MR) is 106 cm³/mol. The Bertz CT molecular complexity index is 831. The molecule has 5 rings (SSSR count). The van der Waals surface area contributed by atoms with Crippen LogP contribution in [0.1, 0.15) is 50.5 Å². The molecule has 0 spiro atoms. The van der Waals surface area contributed by atoms with Crippen LogP contribution in [0.2, 0.25) is 0 Å². The number of amides is 1. The lowest BCUT2D eigenvalue weighted by molar-refractivity contribution is -0.160. The Kier molecular flexibility index (Phi) is 4.31. The van der Waals surface area contributed by atoms with Crippen LogP contribution in [0.25, 0.3) is 0 Å². The van der Waals surface area contributed by atoms with Gasteiger partial charge in [-0.15, -0.1) is 0 Å². The van der Waals surface area contributed by atoms with Crippen molar-refractivity contribution in [2.75, 3.05) is 6.54 Å². The number of fused-ring (bicyclic) bond motifs is 1. The van der Waals surface area contributed by atoms with Gasteiger partial charge in [0.15, 0.2) is 0 Å². The second-order valence-corrected chi connectivity index (χ2v) is 8.98. The molecule has 0 radical (unpaired) electrons. The summed E-state index contributed by atoms with van der Waals surface area (Å²) in [5.41, 5.74) is -0.0884. The van der Waals surface area contributed by atoms with Crippen molar-refractivity contribution in [2.24, 2.45) is 11.3 Å². The fourth-order valence-electron chi connectivity index (χ4n) is 5.62. The highest BCUT2D eigenvalue weighted by atomic mass is 16.3. The Hall–Kier alpha value is -2.14. The standard InChI is InChI=1S/C23H29N3O2/c27-21(22(11-12-22)17-25-15-6-14-24-25)26-16-13-23(28,18-7-2-1-3-8-18)19-9-4-5-10-20(19)26/h1-3,6-8,14-15,19-20,28H,4-5,9-13,16-17H2/t19-,20-,23+/m0/s1. The number of piperidine rings is 1. The van der Waals surface area contributed by atoms with E-state index in [4.69, 9.17) is 0 Å². The average molecular weight is 380 g/mol. The molecule has 1 amide bonds. The first-order chi connectivity index (χ1) is 13.6. The lowest BCUT2D eigenvalue weighted by Crippen LogP contribution is -2.60. The molecule has 2 heterocycles. The number of benzene rings is 1. The zero-order chi connectivity index (χ0) is 19.2. The molecule has 1 aromatic carbocycles. The number of hydrogen-bond acceptors (Lipinski definition) is 3. The molecular weight excluding hydrogens is 350 g/mol. The van der Waals surface area contributed by atoms with Crippen LogP contribution < -0.4 is 0 Å². The Morgan fingerprint density at radius 3 is 2.61 bits per heavy atom. The Balaban J connectivity index is 1.41. The van der Waals surface area contributed by atoms with E-state index in [-0.39, 0.29) is 23.3 Å². The summed E-state index contributed by atoms with van der Waals surface area (Å²) in [7, 11) is 0. The van der Waals surface area contributed by atoms with Crippen molar-refractivity contribution in [1.29, 1.82) is 0 Å². The van der Waals surface area contributed by atoms with Gasteiger partial charge in [-0.3, -0.25) is 9.48 Å². The minimum Gasteiger partial charge on any atom is -0.385 e. The van der Waals surface area contributed by atoms with E-state index < -0.39 is 5.60 Å². The van der Waals surface area contributed by atoms with Gasteiger partial charge in [0, 0.05) is 30.9 Å². The summed E-state index contributed by atoms with van der Waals surface area (Å²) in [6, 6.07) is 12.2. The molecule has 1 N–H and O–H groups in total. The number of carbonyl (C=O) groups excluding carboxylic acids is 1. The summed E-state index contributed by atoms with van der Waals surface area (Å²) < 4.78 is 1.90. The topological polar surface area (TPSA) is 58.4 Å². The van der Waals surface area contributed by atoms with Gasteiger partial charge in [0.25, 0.3) is 0 Å². The first kappa shape index (κ1) is 17.9. The van der Waals surface area contributed by atoms with E-state index in [1.165, 1.54) is 0 Å². The minimum atomic E-state index is -0.818. The molecule has 2 aliphatic carbocycles. The molecule has 1 aromatic heterocycles. The smallest absolute Gasteiger partial charge is 0.230 e. The van der Waals surface area contributed by atoms with Crippen LogP contribution >= 0.6 is 0 Å². The number of likely N-dealkylation sites (tertiary alicyclic amines) is 1. The molecular formula is C23H29N3O2. The van der Waals surface area contributed by atoms with Crippen LogP contribution in [-0.4, -0.2) is 38.3 Å². The Morgan fingerprint density at radius 2 is 1.89 bits per heavy atom. The van der Waals surface area contributed by atoms with Crippen molar-refractivity contribution in [3.63, 3.8) is 0 Å². The number of aromatic nitrogens is 2. The second-order valence-electron chi connectivity index (χ2n) is 8.98. The molecule has 148 valence electrons. The van der Waals surface area contributed by atoms with E-state index in [1.807, 2.05) is 47.3 Å². The van der Waals surface area contributed by atoms with Crippen LogP contribution in [0.3, 0.4) is 0 Å². The van der Waals surface area contributed by atoms with E-state index in [9.17, 15) is 9.90 Å². The first-order valence-corrected chi connectivity index (χ1v) is 10.7. The molecule has 2 saturated carbocycles. The van der Waals surface area contributed by atoms with Crippen molar-refractivity contribution in [3.05, 3.63) is 54.4 Å². The number of rotatable bonds is 4. The first-order valence-electron chi connectivity index (χ1n) is 10.7. The summed E-state index contributed by atoms with van der Waals surface area (Å²) in [4.78, 5) is 15.8. The van der Waals surface area contributed by atoms with E-state index in [1.54, 1.807) is 6.20 Å². The molecule has 5 nitrogen and oxygen atoms in total. The summed E-state index contributed by atoms with van der Waals surface area (Å²) in [6.45, 7) is 1.32. The van der Waals surface area contributed by atoms with Gasteiger partial charge in [-0.05, 0) is 43.7 Å². The van der Waals surface area contributed by atoms with Gasteiger partial charge in [0.1, 0.15) is 0 Å². The Labute approximate surface area is 166 Å². The van der Waals surface area contributed by atoms with Crippen molar-refractivity contribution in [2.45, 2.75) is 63.1 Å². The van der Waals surface area contributed by atoms with Gasteiger partial charge in [-0.2, -0.15) is 5.10 Å². The molecule has 1 aliphatic heterocycles. The van der Waals surface area contributed by atoms with Gasteiger partial charge >= 0.3 is 0 Å². The maximum absolute atomic E-state index is 13.6. The van der Waals surface area contributed by atoms with Gasteiger partial charge in [0.05, 0.1) is 17.6 Å². The highest BCUT2D eigenvalue weighted by Crippen LogP contribution is 2.52. The molecule has 0 unspecified atom stereocenters. The van der Waals surface area contributed by atoms with Gasteiger partial charge < -0.3 is 10.0 Å². The van der Waals surface area contributed by atoms with Gasteiger partial charge in [-0.1, -0.05) is 43.2 Å². The van der Waals surface area contributed by atoms with Crippen molar-refractivity contribution < 1.29 is 9.90 Å². The molecule has 0 bridgehead atoms. The van der Waals surface area contributed by atoms with Crippen LogP contribution in [0, 0.1) is 11.3 Å². The van der Waals surface area contributed by atoms with Gasteiger partial charge in [-0.25, -0.2) is 0 Å². The highest BCUT2D eigenvalue weighted by Gasteiger charge is 2.57. The second kappa shape index (κ2) is 6.73. The fraction of sp³-hybridized carbons (Fsp3) is 0.565. The van der Waals surface area contributed by atoms with Crippen molar-refractivity contribution in [3.8, 4) is 0 Å². The van der Waals surface area contributed by atoms with Crippen LogP contribution in [0.5, 0.6) is 0 Å². The van der Waals surface area contributed by atoms with Crippen LogP contribution in [0.15, 0.2) is 48.8 Å². The normalized spacial score (nSPS) is 31.2. The molecule has 3 fully saturated rings. The molecule has 28 heavy (non-hydrogen) atoms. The molecule has 5 heteroatoms. The molecule has 3 aliphatic rings. The number of nitrogens with zero attached hydrogens (tertiary/aromatic N) is 3. The third-order valence-corrected chi connectivity index (χ3v) is 7.34. The maximum Gasteiger partial charge on any atom is 0.230 e. The summed E-state index contributed by atoms with van der Waals surface area (Å²) >= 11 is 0. The van der Waals surface area contributed by atoms with Crippen LogP contribution in [0.4, 0.5) is 0 Å². The van der Waals surface area contributed by atoms with Gasteiger partial charge in [0.2, 0.25) is 5.91 Å². The van der Waals surface area contributed by atoms with E-state index >= 15 is 0 Å². The lowest BCUT2D eigenvalue weighted by atomic mass is 9.66. The van der Waals surface area contributed by atoms with E-state index in [0.29, 0.717) is 19.5 Å². The SMILES string of the molecule is O=C(N1CC[C@@](O)(c2ccccc2)[C@H]2CCCC[C@@H]21)C1(Cn2cccn2)CC1. The van der Waals surface area contributed by atoms with Crippen LogP contribution in [-0.2, 0) is 16.9 Å². The fourth-order valence-corrected chi connectivity index (χ4v) is 5.62. The summed E-state index contributed by atoms with van der Waals surface area (Å²) in [5.74, 6) is 0.414. The summed E-state index contributed by atoms with van der Waals surface area (Å²) in [5, 5.41) is 16.0. The molecule has 1 saturated heterocycles. The van der Waals surface area contributed by atoms with E-state index in [0.717, 1.165) is 44.1 Å². The maximum atomic E-state index is 13.6. The molecule has 2 aromatic rings. The van der Waals surface area contributed by atoms with Crippen molar-refractivity contribution >= 4 is 5.91 Å². The number of aliphatic hydroxyl groups is 1. The predicted octanol–water partition coefficient (Wildman–Crippen LogP) is 3.34. The largest absolute Gasteiger partial charge is 0.385 e. The van der Waals surface area contributed by atoms with Crippen molar-refractivity contribution in [1.82, 2.24) is 14.7 Å². The van der Waals surface area contributed by atoms with E-state index in [2.05, 4.69) is 10.00 Å². The lowest BCUT2D eigenvalue weighted by Gasteiger charge is -2.53. The molecule has 3 atom stereocenters. The summed E-state index contributed by atoms with van der Waals surface area (Å²) in [6.07, 6.45) is 10.5. The monoisotopic (exact) mass is 379 g/mol. The minimum absolute atomic E-state index is 0.127. The average Bonchev–Trinajstić information content (AvgIpc) is 3.34.